The number of hydrogen-bond donors (Lipinski definition) is 1. The number of hydrogen-bond acceptors (Lipinski definition) is 2. The number of aliphatic hydroxyl groups is 1. The highest BCUT2D eigenvalue weighted by Crippen LogP contribution is 2.06. The zero-order chi connectivity index (χ0) is 8.15. The molecule has 0 radical (unpaired) electrons. The van der Waals surface area contributed by atoms with E-state index in [0.29, 0.717) is 12.1 Å². The monoisotopic (exact) mass is 145 g/mol. The maximum absolute atomic E-state index is 8.92. The van der Waals surface area contributed by atoms with Crippen molar-refractivity contribution in [2.45, 2.75) is 46.2 Å². The van der Waals surface area contributed by atoms with Gasteiger partial charge in [-0.25, -0.2) is 0 Å². The van der Waals surface area contributed by atoms with E-state index < -0.39 is 0 Å². The molecule has 0 saturated heterocycles. The summed E-state index contributed by atoms with van der Waals surface area (Å²) in [5.74, 6) is 0. The van der Waals surface area contributed by atoms with Crippen LogP contribution < -0.4 is 0 Å². The second kappa shape index (κ2) is 4.69. The first-order chi connectivity index (χ1) is 4.63. The van der Waals surface area contributed by atoms with Crippen LogP contribution in [0.5, 0.6) is 0 Å². The standard InChI is InChI=1S/C8H19NO/c1-5-8(4)9(6-10)7(2)3/h7-8,10H,5-6H2,1-4H3. The highest BCUT2D eigenvalue weighted by Gasteiger charge is 2.12. The van der Waals surface area contributed by atoms with E-state index in [1.165, 1.54) is 0 Å². The molecule has 10 heavy (non-hydrogen) atoms. The number of aliphatic hydroxyl groups excluding tert-OH is 1. The Hall–Kier alpha value is -0.0800. The van der Waals surface area contributed by atoms with Crippen molar-refractivity contribution in [1.29, 1.82) is 0 Å². The van der Waals surface area contributed by atoms with E-state index in [9.17, 15) is 0 Å². The first-order valence-electron chi connectivity index (χ1n) is 4.00. The van der Waals surface area contributed by atoms with E-state index in [4.69, 9.17) is 5.11 Å². The Morgan fingerprint density at radius 1 is 1.30 bits per heavy atom. The fourth-order valence-electron chi connectivity index (χ4n) is 1.05. The molecule has 0 saturated carbocycles. The van der Waals surface area contributed by atoms with Crippen LogP contribution in [-0.4, -0.2) is 28.8 Å². The molecule has 0 aliphatic heterocycles. The second-order valence-electron chi connectivity index (χ2n) is 3.01. The molecule has 0 aromatic carbocycles. The molecule has 62 valence electrons. The summed E-state index contributed by atoms with van der Waals surface area (Å²) in [6.45, 7) is 8.64. The molecule has 1 N–H and O–H groups in total. The van der Waals surface area contributed by atoms with Gasteiger partial charge in [-0.1, -0.05) is 6.92 Å². The van der Waals surface area contributed by atoms with Gasteiger partial charge in [0.25, 0.3) is 0 Å². The van der Waals surface area contributed by atoms with Gasteiger partial charge < -0.3 is 5.11 Å². The highest BCUT2D eigenvalue weighted by molar-refractivity contribution is 4.65. The molecule has 0 aliphatic carbocycles. The third-order valence-electron chi connectivity index (χ3n) is 1.98. The largest absolute Gasteiger partial charge is 0.381 e. The van der Waals surface area contributed by atoms with Crippen molar-refractivity contribution in [2.75, 3.05) is 6.73 Å². The zero-order valence-corrected chi connectivity index (χ0v) is 7.46. The summed E-state index contributed by atoms with van der Waals surface area (Å²) in [4.78, 5) is 2.07. The highest BCUT2D eigenvalue weighted by atomic mass is 16.3. The van der Waals surface area contributed by atoms with E-state index >= 15 is 0 Å². The van der Waals surface area contributed by atoms with Crippen molar-refractivity contribution >= 4 is 0 Å². The van der Waals surface area contributed by atoms with E-state index in [1.54, 1.807) is 0 Å². The fraction of sp³-hybridized carbons (Fsp3) is 1.00. The van der Waals surface area contributed by atoms with Crippen LogP contribution in [0.4, 0.5) is 0 Å². The lowest BCUT2D eigenvalue weighted by molar-refractivity contribution is 0.0460. The molecular formula is C8H19NO. The third-order valence-corrected chi connectivity index (χ3v) is 1.98. The van der Waals surface area contributed by atoms with Crippen molar-refractivity contribution in [2.24, 2.45) is 0 Å². The Morgan fingerprint density at radius 2 is 1.80 bits per heavy atom. The molecular weight excluding hydrogens is 126 g/mol. The van der Waals surface area contributed by atoms with Crippen molar-refractivity contribution in [3.05, 3.63) is 0 Å². The van der Waals surface area contributed by atoms with Gasteiger partial charge in [-0.3, -0.25) is 4.90 Å². The van der Waals surface area contributed by atoms with Gasteiger partial charge in [0.05, 0.1) is 6.73 Å². The summed E-state index contributed by atoms with van der Waals surface area (Å²) in [7, 11) is 0. The lowest BCUT2D eigenvalue weighted by Gasteiger charge is -2.29. The Morgan fingerprint density at radius 3 is 1.90 bits per heavy atom. The van der Waals surface area contributed by atoms with Crippen LogP contribution >= 0.6 is 0 Å². The van der Waals surface area contributed by atoms with Gasteiger partial charge in [-0.15, -0.1) is 0 Å². The van der Waals surface area contributed by atoms with Gasteiger partial charge in [0.2, 0.25) is 0 Å². The summed E-state index contributed by atoms with van der Waals surface area (Å²) in [6.07, 6.45) is 1.10. The molecule has 0 amide bonds. The summed E-state index contributed by atoms with van der Waals surface area (Å²) in [6, 6.07) is 0.935. The maximum atomic E-state index is 8.92. The molecule has 0 aliphatic rings. The lowest BCUT2D eigenvalue weighted by atomic mass is 10.2. The minimum Gasteiger partial charge on any atom is -0.381 e. The molecule has 2 heteroatoms. The van der Waals surface area contributed by atoms with Crippen LogP contribution in [0.2, 0.25) is 0 Å². The Labute approximate surface area is 63.8 Å². The van der Waals surface area contributed by atoms with Crippen LogP contribution in [0.1, 0.15) is 34.1 Å². The summed E-state index contributed by atoms with van der Waals surface area (Å²) >= 11 is 0. The Kier molecular flexibility index (Phi) is 4.65. The molecule has 0 heterocycles. The van der Waals surface area contributed by atoms with Gasteiger partial charge in [-0.05, 0) is 27.2 Å². The average Bonchev–Trinajstić information content (AvgIpc) is 1.88. The minimum absolute atomic E-state index is 0.173. The molecule has 1 atom stereocenters. The van der Waals surface area contributed by atoms with Gasteiger partial charge in [0, 0.05) is 12.1 Å². The van der Waals surface area contributed by atoms with Crippen LogP contribution in [0.3, 0.4) is 0 Å². The Bertz CT molecular complexity index is 83.3. The molecule has 2 nitrogen and oxygen atoms in total. The third kappa shape index (κ3) is 2.67. The molecule has 0 fully saturated rings. The SMILES string of the molecule is CCC(C)N(CO)C(C)C. The normalized spacial score (nSPS) is 14.7. The molecule has 0 rings (SSSR count). The van der Waals surface area contributed by atoms with Gasteiger partial charge in [-0.2, -0.15) is 0 Å². The fourth-order valence-corrected chi connectivity index (χ4v) is 1.05. The molecule has 0 aromatic rings. The predicted molar refractivity (Wildman–Crippen MR) is 43.8 cm³/mol. The Balaban J connectivity index is 3.80. The van der Waals surface area contributed by atoms with Gasteiger partial charge >= 0.3 is 0 Å². The van der Waals surface area contributed by atoms with Gasteiger partial charge in [0.1, 0.15) is 0 Å². The van der Waals surface area contributed by atoms with Crippen molar-refractivity contribution in [1.82, 2.24) is 4.90 Å². The molecule has 1 unspecified atom stereocenters. The van der Waals surface area contributed by atoms with Crippen LogP contribution in [-0.2, 0) is 0 Å². The summed E-state index contributed by atoms with van der Waals surface area (Å²) in [5.41, 5.74) is 0. The van der Waals surface area contributed by atoms with Crippen molar-refractivity contribution in [3.8, 4) is 0 Å². The van der Waals surface area contributed by atoms with E-state index in [-0.39, 0.29) is 6.73 Å². The average molecular weight is 145 g/mol. The number of rotatable bonds is 4. The summed E-state index contributed by atoms with van der Waals surface area (Å²) < 4.78 is 0. The van der Waals surface area contributed by atoms with Crippen molar-refractivity contribution < 1.29 is 5.11 Å². The first kappa shape index (κ1) is 9.92. The molecule has 0 aromatic heterocycles. The first-order valence-corrected chi connectivity index (χ1v) is 4.00. The molecule has 0 bridgehead atoms. The van der Waals surface area contributed by atoms with E-state index in [0.717, 1.165) is 6.42 Å². The predicted octanol–water partition coefficient (Wildman–Crippen LogP) is 1.45. The zero-order valence-electron chi connectivity index (χ0n) is 7.46. The topological polar surface area (TPSA) is 23.5 Å². The quantitative estimate of drug-likeness (QED) is 0.605. The van der Waals surface area contributed by atoms with E-state index in [1.807, 2.05) is 0 Å². The van der Waals surface area contributed by atoms with Crippen LogP contribution in [0, 0.1) is 0 Å². The summed E-state index contributed by atoms with van der Waals surface area (Å²) in [5, 5.41) is 8.92. The smallest absolute Gasteiger partial charge is 0.0961 e. The minimum atomic E-state index is 0.173. The van der Waals surface area contributed by atoms with E-state index in [2.05, 4.69) is 32.6 Å². The van der Waals surface area contributed by atoms with Crippen LogP contribution in [0.15, 0.2) is 0 Å². The number of nitrogens with zero attached hydrogens (tertiary/aromatic N) is 1. The second-order valence-corrected chi connectivity index (χ2v) is 3.01. The molecule has 0 spiro atoms. The lowest BCUT2D eigenvalue weighted by Crippen LogP contribution is -2.38. The maximum Gasteiger partial charge on any atom is 0.0961 e. The van der Waals surface area contributed by atoms with Crippen molar-refractivity contribution in [3.63, 3.8) is 0 Å². The van der Waals surface area contributed by atoms with Crippen LogP contribution in [0.25, 0.3) is 0 Å². The van der Waals surface area contributed by atoms with Gasteiger partial charge in [0.15, 0.2) is 0 Å².